The SMILES string of the molecule is CCN(Cc1ccco1)c1cc(CNC)cc(C)n1. The molecule has 0 unspecified atom stereocenters. The third kappa shape index (κ3) is 3.58. The molecule has 0 saturated heterocycles. The highest BCUT2D eigenvalue weighted by Gasteiger charge is 2.10. The Morgan fingerprint density at radius 2 is 2.21 bits per heavy atom. The third-order valence-corrected chi connectivity index (χ3v) is 3.01. The van der Waals surface area contributed by atoms with Crippen molar-refractivity contribution in [3.63, 3.8) is 0 Å². The summed E-state index contributed by atoms with van der Waals surface area (Å²) >= 11 is 0. The van der Waals surface area contributed by atoms with Crippen LogP contribution in [0.15, 0.2) is 34.9 Å². The Bertz CT molecular complexity index is 508. The van der Waals surface area contributed by atoms with E-state index in [0.717, 1.165) is 36.9 Å². The van der Waals surface area contributed by atoms with Gasteiger partial charge in [-0.05, 0) is 50.7 Å². The minimum absolute atomic E-state index is 0.749. The molecule has 2 aromatic heterocycles. The maximum Gasteiger partial charge on any atom is 0.129 e. The second kappa shape index (κ2) is 6.38. The monoisotopic (exact) mass is 259 g/mol. The van der Waals surface area contributed by atoms with Gasteiger partial charge in [0.15, 0.2) is 0 Å². The smallest absolute Gasteiger partial charge is 0.129 e. The summed E-state index contributed by atoms with van der Waals surface area (Å²) in [7, 11) is 1.95. The molecule has 2 heterocycles. The van der Waals surface area contributed by atoms with Gasteiger partial charge in [-0.3, -0.25) is 0 Å². The van der Waals surface area contributed by atoms with Crippen molar-refractivity contribution in [3.8, 4) is 0 Å². The molecule has 0 aromatic carbocycles. The number of pyridine rings is 1. The lowest BCUT2D eigenvalue weighted by Crippen LogP contribution is -2.23. The average Bonchev–Trinajstić information content (AvgIpc) is 2.88. The van der Waals surface area contributed by atoms with Gasteiger partial charge in [0.2, 0.25) is 0 Å². The number of rotatable bonds is 6. The van der Waals surface area contributed by atoms with Crippen molar-refractivity contribution in [1.29, 1.82) is 0 Å². The van der Waals surface area contributed by atoms with Crippen LogP contribution in [0.2, 0.25) is 0 Å². The van der Waals surface area contributed by atoms with Crippen LogP contribution >= 0.6 is 0 Å². The first-order valence-corrected chi connectivity index (χ1v) is 6.62. The van der Waals surface area contributed by atoms with Gasteiger partial charge in [-0.1, -0.05) is 0 Å². The maximum absolute atomic E-state index is 5.41. The van der Waals surface area contributed by atoms with Gasteiger partial charge in [0.1, 0.15) is 11.6 Å². The van der Waals surface area contributed by atoms with E-state index in [1.165, 1.54) is 5.56 Å². The molecule has 4 nitrogen and oxygen atoms in total. The first-order valence-electron chi connectivity index (χ1n) is 6.62. The largest absolute Gasteiger partial charge is 0.467 e. The molecule has 0 fully saturated rings. The van der Waals surface area contributed by atoms with Crippen molar-refractivity contribution in [3.05, 3.63) is 47.5 Å². The van der Waals surface area contributed by atoms with Crippen LogP contribution in [0, 0.1) is 6.92 Å². The number of hydrogen-bond donors (Lipinski definition) is 1. The van der Waals surface area contributed by atoms with Gasteiger partial charge in [0.25, 0.3) is 0 Å². The van der Waals surface area contributed by atoms with Gasteiger partial charge >= 0.3 is 0 Å². The zero-order chi connectivity index (χ0) is 13.7. The van der Waals surface area contributed by atoms with Crippen molar-refractivity contribution < 1.29 is 4.42 Å². The van der Waals surface area contributed by atoms with E-state index in [4.69, 9.17) is 4.42 Å². The number of aromatic nitrogens is 1. The summed E-state index contributed by atoms with van der Waals surface area (Å²) < 4.78 is 5.41. The fraction of sp³-hybridized carbons (Fsp3) is 0.400. The summed E-state index contributed by atoms with van der Waals surface area (Å²) in [5.41, 5.74) is 2.29. The Labute approximate surface area is 114 Å². The Balaban J connectivity index is 2.21. The fourth-order valence-electron chi connectivity index (χ4n) is 2.13. The molecule has 0 aliphatic rings. The van der Waals surface area contributed by atoms with E-state index in [1.807, 2.05) is 26.1 Å². The highest BCUT2D eigenvalue weighted by atomic mass is 16.3. The average molecular weight is 259 g/mol. The van der Waals surface area contributed by atoms with E-state index in [-0.39, 0.29) is 0 Å². The summed E-state index contributed by atoms with van der Waals surface area (Å²) in [5.74, 6) is 1.96. The number of furan rings is 1. The zero-order valence-corrected chi connectivity index (χ0v) is 11.8. The molecule has 0 aliphatic heterocycles. The van der Waals surface area contributed by atoms with E-state index in [9.17, 15) is 0 Å². The number of nitrogens with one attached hydrogen (secondary N) is 1. The molecule has 4 heteroatoms. The van der Waals surface area contributed by atoms with Crippen LogP contribution in [0.1, 0.15) is 23.9 Å². The predicted octanol–water partition coefficient (Wildman–Crippen LogP) is 2.73. The van der Waals surface area contributed by atoms with Crippen LogP contribution in [0.25, 0.3) is 0 Å². The van der Waals surface area contributed by atoms with Gasteiger partial charge in [-0.15, -0.1) is 0 Å². The first kappa shape index (κ1) is 13.6. The summed E-state index contributed by atoms with van der Waals surface area (Å²) in [6.45, 7) is 6.66. The summed E-state index contributed by atoms with van der Waals surface area (Å²) in [6, 6.07) is 8.16. The zero-order valence-electron chi connectivity index (χ0n) is 11.8. The maximum atomic E-state index is 5.41. The van der Waals surface area contributed by atoms with E-state index in [2.05, 4.69) is 34.3 Å². The standard InChI is InChI=1S/C15H21N3O/c1-4-18(11-14-6-5-7-19-14)15-9-13(10-16-3)8-12(2)17-15/h5-9,16H,4,10-11H2,1-3H3. The molecule has 0 spiro atoms. The highest BCUT2D eigenvalue weighted by Crippen LogP contribution is 2.17. The molecule has 0 amide bonds. The molecule has 102 valence electrons. The van der Waals surface area contributed by atoms with Crippen molar-refractivity contribution in [2.24, 2.45) is 0 Å². The van der Waals surface area contributed by atoms with Crippen molar-refractivity contribution in [2.45, 2.75) is 26.9 Å². The number of aryl methyl sites for hydroxylation is 1. The molecule has 2 aromatic rings. The normalized spacial score (nSPS) is 10.7. The van der Waals surface area contributed by atoms with E-state index in [1.54, 1.807) is 6.26 Å². The quantitative estimate of drug-likeness (QED) is 0.866. The second-order valence-electron chi connectivity index (χ2n) is 4.60. The van der Waals surface area contributed by atoms with Crippen molar-refractivity contribution >= 4 is 5.82 Å². The Morgan fingerprint density at radius 3 is 2.84 bits per heavy atom. The van der Waals surface area contributed by atoms with Gasteiger partial charge in [-0.2, -0.15) is 0 Å². The van der Waals surface area contributed by atoms with Crippen molar-refractivity contribution in [2.75, 3.05) is 18.5 Å². The Kier molecular flexibility index (Phi) is 4.58. The molecule has 1 N–H and O–H groups in total. The highest BCUT2D eigenvalue weighted by molar-refractivity contribution is 5.42. The fourth-order valence-corrected chi connectivity index (χ4v) is 2.13. The molecule has 2 rings (SSSR count). The number of nitrogens with zero attached hydrogens (tertiary/aromatic N) is 2. The molecular weight excluding hydrogens is 238 g/mol. The van der Waals surface area contributed by atoms with Crippen LogP contribution in [0.5, 0.6) is 0 Å². The topological polar surface area (TPSA) is 41.3 Å². The molecule has 0 atom stereocenters. The van der Waals surface area contributed by atoms with Gasteiger partial charge in [0, 0.05) is 18.8 Å². The number of hydrogen-bond acceptors (Lipinski definition) is 4. The summed E-state index contributed by atoms with van der Waals surface area (Å²) in [4.78, 5) is 6.84. The van der Waals surface area contributed by atoms with Gasteiger partial charge in [-0.25, -0.2) is 4.98 Å². The van der Waals surface area contributed by atoms with Crippen LogP contribution in [-0.2, 0) is 13.1 Å². The lowest BCUT2D eigenvalue weighted by molar-refractivity contribution is 0.502. The molecule has 0 aliphatic carbocycles. The van der Waals surface area contributed by atoms with E-state index < -0.39 is 0 Å². The predicted molar refractivity (Wildman–Crippen MR) is 77.2 cm³/mol. The summed E-state index contributed by atoms with van der Waals surface area (Å²) in [6.07, 6.45) is 1.71. The minimum Gasteiger partial charge on any atom is -0.467 e. The van der Waals surface area contributed by atoms with Crippen LogP contribution in [0.4, 0.5) is 5.82 Å². The summed E-state index contributed by atoms with van der Waals surface area (Å²) in [5, 5.41) is 3.18. The molecule has 0 bridgehead atoms. The molecule has 0 saturated carbocycles. The van der Waals surface area contributed by atoms with Crippen molar-refractivity contribution in [1.82, 2.24) is 10.3 Å². The lowest BCUT2D eigenvalue weighted by atomic mass is 10.2. The Morgan fingerprint density at radius 1 is 1.37 bits per heavy atom. The van der Waals surface area contributed by atoms with E-state index in [0.29, 0.717) is 0 Å². The van der Waals surface area contributed by atoms with Crippen LogP contribution in [0.3, 0.4) is 0 Å². The number of anilines is 1. The second-order valence-corrected chi connectivity index (χ2v) is 4.60. The third-order valence-electron chi connectivity index (χ3n) is 3.01. The molecule has 19 heavy (non-hydrogen) atoms. The van der Waals surface area contributed by atoms with Gasteiger partial charge in [0.05, 0.1) is 12.8 Å². The van der Waals surface area contributed by atoms with E-state index >= 15 is 0 Å². The van der Waals surface area contributed by atoms with Gasteiger partial charge < -0.3 is 14.6 Å². The Hall–Kier alpha value is -1.81. The molecular formula is C15H21N3O. The van der Waals surface area contributed by atoms with Crippen LogP contribution < -0.4 is 10.2 Å². The van der Waals surface area contributed by atoms with Crippen LogP contribution in [-0.4, -0.2) is 18.6 Å². The molecule has 0 radical (unpaired) electrons. The minimum atomic E-state index is 0.749. The first-order chi connectivity index (χ1) is 9.22. The lowest BCUT2D eigenvalue weighted by Gasteiger charge is -2.22.